The highest BCUT2D eigenvalue weighted by molar-refractivity contribution is 5.93. The Hall–Kier alpha value is -2.18. The lowest BCUT2D eigenvalue weighted by Gasteiger charge is -2.22. The number of rotatable bonds is 8. The van der Waals surface area contributed by atoms with Crippen molar-refractivity contribution in [3.05, 3.63) is 47.5 Å². The van der Waals surface area contributed by atoms with Crippen molar-refractivity contribution in [3.8, 4) is 0 Å². The second-order valence-electron chi connectivity index (χ2n) is 7.38. The molecule has 2 aliphatic rings. The topological polar surface area (TPSA) is 65.1 Å². The molecule has 2 amide bonds. The molecule has 2 aliphatic heterocycles. The third-order valence-corrected chi connectivity index (χ3v) is 5.03. The Morgan fingerprint density at radius 2 is 2.11 bits per heavy atom. The van der Waals surface area contributed by atoms with Gasteiger partial charge in [-0.2, -0.15) is 0 Å². The Bertz CT molecular complexity index is 681. The monoisotopic (exact) mass is 387 g/mol. The van der Waals surface area contributed by atoms with E-state index in [1.807, 2.05) is 43.3 Å². The Balaban J connectivity index is 1.45. The fourth-order valence-electron chi connectivity index (χ4n) is 3.49. The van der Waals surface area contributed by atoms with Crippen molar-refractivity contribution in [3.63, 3.8) is 0 Å². The standard InChI is InChI=1S/C22H29NO5/c1-17(15-27-21-12-5-6-13-26-21)8-7-11-20(24)23-19(16-28-22(23)25)14-18-9-3-2-4-10-18/h2-4,8-10,19,21H,5-7,11-16H2,1H3. The van der Waals surface area contributed by atoms with E-state index in [0.29, 0.717) is 19.4 Å². The van der Waals surface area contributed by atoms with Crippen LogP contribution in [-0.2, 0) is 25.4 Å². The van der Waals surface area contributed by atoms with Gasteiger partial charge in [-0.05, 0) is 44.6 Å². The van der Waals surface area contributed by atoms with E-state index in [9.17, 15) is 9.59 Å². The molecule has 6 heteroatoms. The number of nitrogens with zero attached hydrogens (tertiary/aromatic N) is 1. The zero-order chi connectivity index (χ0) is 19.8. The van der Waals surface area contributed by atoms with Crippen LogP contribution in [0.15, 0.2) is 42.0 Å². The minimum atomic E-state index is -0.538. The zero-order valence-electron chi connectivity index (χ0n) is 16.5. The molecule has 3 rings (SSSR count). The highest BCUT2D eigenvalue weighted by Gasteiger charge is 2.37. The third-order valence-electron chi connectivity index (χ3n) is 5.03. The van der Waals surface area contributed by atoms with Crippen LogP contribution in [0.3, 0.4) is 0 Å². The predicted molar refractivity (Wildman–Crippen MR) is 105 cm³/mol. The number of carbonyl (C=O) groups is 2. The Kier molecular flexibility index (Phi) is 7.62. The first-order valence-electron chi connectivity index (χ1n) is 10.0. The molecule has 1 aromatic carbocycles. The van der Waals surface area contributed by atoms with Gasteiger partial charge in [0.2, 0.25) is 5.91 Å². The molecule has 2 atom stereocenters. The molecule has 0 bridgehead atoms. The number of imide groups is 1. The van der Waals surface area contributed by atoms with Crippen LogP contribution in [0, 0.1) is 0 Å². The van der Waals surface area contributed by atoms with Crippen LogP contribution in [-0.4, -0.2) is 49.1 Å². The van der Waals surface area contributed by atoms with Crippen LogP contribution in [0.5, 0.6) is 0 Å². The second kappa shape index (κ2) is 10.4. The fourth-order valence-corrected chi connectivity index (χ4v) is 3.49. The number of cyclic esters (lactones) is 1. The lowest BCUT2D eigenvalue weighted by molar-refractivity contribution is -0.156. The summed E-state index contributed by atoms with van der Waals surface area (Å²) in [6.07, 6.45) is 5.97. The van der Waals surface area contributed by atoms with Crippen LogP contribution < -0.4 is 0 Å². The van der Waals surface area contributed by atoms with E-state index < -0.39 is 6.09 Å². The van der Waals surface area contributed by atoms with Gasteiger partial charge in [0.1, 0.15) is 6.61 Å². The van der Waals surface area contributed by atoms with Crippen molar-refractivity contribution in [1.82, 2.24) is 4.90 Å². The molecule has 6 nitrogen and oxygen atoms in total. The minimum Gasteiger partial charge on any atom is -0.447 e. The van der Waals surface area contributed by atoms with Gasteiger partial charge in [0.15, 0.2) is 6.29 Å². The summed E-state index contributed by atoms with van der Waals surface area (Å²) >= 11 is 0. The van der Waals surface area contributed by atoms with Gasteiger partial charge >= 0.3 is 6.09 Å². The lowest BCUT2D eigenvalue weighted by Crippen LogP contribution is -2.40. The van der Waals surface area contributed by atoms with Gasteiger partial charge in [-0.3, -0.25) is 4.79 Å². The molecular weight excluding hydrogens is 358 g/mol. The lowest BCUT2D eigenvalue weighted by atomic mass is 10.1. The largest absolute Gasteiger partial charge is 0.447 e. The van der Waals surface area contributed by atoms with Crippen LogP contribution in [0.4, 0.5) is 4.79 Å². The third kappa shape index (κ3) is 5.91. The van der Waals surface area contributed by atoms with E-state index in [4.69, 9.17) is 14.2 Å². The average molecular weight is 387 g/mol. The van der Waals surface area contributed by atoms with Crippen molar-refractivity contribution in [2.45, 2.75) is 57.8 Å². The minimum absolute atomic E-state index is 0.114. The van der Waals surface area contributed by atoms with E-state index in [1.54, 1.807) is 0 Å². The molecule has 0 N–H and O–H groups in total. The number of allylic oxidation sites excluding steroid dienone is 1. The smallest absolute Gasteiger partial charge is 0.416 e. The van der Waals surface area contributed by atoms with Crippen LogP contribution in [0.1, 0.15) is 44.6 Å². The predicted octanol–water partition coefficient (Wildman–Crippen LogP) is 3.85. The maximum atomic E-state index is 12.6. The number of ether oxygens (including phenoxy) is 3. The van der Waals surface area contributed by atoms with E-state index in [1.165, 1.54) is 4.90 Å². The molecule has 0 aliphatic carbocycles. The van der Waals surface area contributed by atoms with E-state index in [0.717, 1.165) is 37.0 Å². The molecule has 2 fully saturated rings. The first-order chi connectivity index (χ1) is 13.6. The molecule has 0 saturated carbocycles. The number of hydrogen-bond donors (Lipinski definition) is 0. The molecule has 1 aromatic rings. The van der Waals surface area contributed by atoms with Crippen molar-refractivity contribution in [2.24, 2.45) is 0 Å². The van der Waals surface area contributed by atoms with Gasteiger partial charge in [0, 0.05) is 13.0 Å². The molecule has 2 heterocycles. The van der Waals surface area contributed by atoms with Crippen molar-refractivity contribution in [2.75, 3.05) is 19.8 Å². The summed E-state index contributed by atoms with van der Waals surface area (Å²) in [6, 6.07) is 9.60. The Labute approximate surface area is 166 Å². The van der Waals surface area contributed by atoms with Crippen LogP contribution in [0.25, 0.3) is 0 Å². The number of carbonyl (C=O) groups excluding carboxylic acids is 2. The van der Waals surface area contributed by atoms with Crippen molar-refractivity contribution >= 4 is 12.0 Å². The van der Waals surface area contributed by atoms with E-state index >= 15 is 0 Å². The second-order valence-corrected chi connectivity index (χ2v) is 7.38. The molecule has 2 unspecified atom stereocenters. The first kappa shape index (κ1) is 20.6. The highest BCUT2D eigenvalue weighted by atomic mass is 16.7. The van der Waals surface area contributed by atoms with Gasteiger partial charge in [-0.1, -0.05) is 42.0 Å². The van der Waals surface area contributed by atoms with Gasteiger partial charge in [0.25, 0.3) is 0 Å². The van der Waals surface area contributed by atoms with Gasteiger partial charge < -0.3 is 14.2 Å². The van der Waals surface area contributed by atoms with Gasteiger partial charge in [-0.25, -0.2) is 9.69 Å². The van der Waals surface area contributed by atoms with Gasteiger partial charge in [-0.15, -0.1) is 0 Å². The molecular formula is C22H29NO5. The molecule has 2 saturated heterocycles. The summed E-state index contributed by atoms with van der Waals surface area (Å²) in [6.45, 7) is 3.50. The average Bonchev–Trinajstić information content (AvgIpc) is 3.08. The molecule has 152 valence electrons. The summed E-state index contributed by atoms with van der Waals surface area (Å²) in [5.41, 5.74) is 2.15. The zero-order valence-corrected chi connectivity index (χ0v) is 16.5. The molecule has 0 spiro atoms. The molecule has 28 heavy (non-hydrogen) atoms. The quantitative estimate of drug-likeness (QED) is 0.634. The van der Waals surface area contributed by atoms with Crippen molar-refractivity contribution in [1.29, 1.82) is 0 Å². The summed E-state index contributed by atoms with van der Waals surface area (Å²) in [7, 11) is 0. The van der Waals surface area contributed by atoms with E-state index in [-0.39, 0.29) is 31.3 Å². The van der Waals surface area contributed by atoms with Gasteiger partial charge in [0.05, 0.1) is 12.6 Å². The van der Waals surface area contributed by atoms with E-state index in [2.05, 4.69) is 0 Å². The summed E-state index contributed by atoms with van der Waals surface area (Å²) < 4.78 is 16.4. The maximum Gasteiger partial charge on any atom is 0.416 e. The first-order valence-corrected chi connectivity index (χ1v) is 10.0. The van der Waals surface area contributed by atoms with Crippen LogP contribution in [0.2, 0.25) is 0 Å². The van der Waals surface area contributed by atoms with Crippen molar-refractivity contribution < 1.29 is 23.8 Å². The number of benzene rings is 1. The summed E-state index contributed by atoms with van der Waals surface area (Å²) in [5.74, 6) is -0.191. The van der Waals surface area contributed by atoms with Crippen LogP contribution >= 0.6 is 0 Å². The normalized spacial score (nSPS) is 23.0. The maximum absolute atomic E-state index is 12.6. The Morgan fingerprint density at radius 3 is 2.86 bits per heavy atom. The molecule has 0 radical (unpaired) electrons. The Morgan fingerprint density at radius 1 is 1.29 bits per heavy atom. The SMILES string of the molecule is CC(=CCCC(=O)N1C(=O)OCC1Cc1ccccc1)COC1CCCCO1. The summed E-state index contributed by atoms with van der Waals surface area (Å²) in [4.78, 5) is 25.9. The molecule has 0 aromatic heterocycles. The fraction of sp³-hybridized carbons (Fsp3) is 0.545. The number of amides is 2. The highest BCUT2D eigenvalue weighted by Crippen LogP contribution is 2.19. The summed E-state index contributed by atoms with van der Waals surface area (Å²) in [5, 5.41) is 0. The number of hydrogen-bond acceptors (Lipinski definition) is 5.